The summed E-state index contributed by atoms with van der Waals surface area (Å²) >= 11 is 3.41. The van der Waals surface area contributed by atoms with Crippen LogP contribution in [0, 0.1) is 5.92 Å². The molecule has 1 aliphatic rings. The summed E-state index contributed by atoms with van der Waals surface area (Å²) in [6.07, 6.45) is 2.86. The largest absolute Gasteiger partial charge is 0.388 e. The predicted octanol–water partition coefficient (Wildman–Crippen LogP) is 3.23. The predicted molar refractivity (Wildman–Crippen MR) is 84.8 cm³/mol. The van der Waals surface area contributed by atoms with E-state index in [1.54, 1.807) is 7.11 Å². The summed E-state index contributed by atoms with van der Waals surface area (Å²) in [5.74, 6) is 0.715. The Balaban J connectivity index is 1.71. The van der Waals surface area contributed by atoms with Crippen molar-refractivity contribution < 1.29 is 9.84 Å². The minimum absolute atomic E-state index is 0.361. The molecule has 1 saturated heterocycles. The van der Waals surface area contributed by atoms with Crippen molar-refractivity contribution in [2.24, 2.45) is 5.92 Å². The Hall–Kier alpha value is -0.420. The molecule has 2 rings (SSSR count). The third kappa shape index (κ3) is 4.85. The Morgan fingerprint density at radius 2 is 1.95 bits per heavy atom. The number of ether oxygens (including phenoxy) is 1. The van der Waals surface area contributed by atoms with Crippen LogP contribution >= 0.6 is 15.9 Å². The maximum absolute atomic E-state index is 10.2. The number of piperidine rings is 1. The van der Waals surface area contributed by atoms with E-state index >= 15 is 0 Å². The molecule has 112 valence electrons. The van der Waals surface area contributed by atoms with Crippen molar-refractivity contribution in [3.63, 3.8) is 0 Å². The monoisotopic (exact) mass is 341 g/mol. The lowest BCUT2D eigenvalue weighted by Crippen LogP contribution is -2.36. The van der Waals surface area contributed by atoms with E-state index in [0.717, 1.165) is 42.7 Å². The van der Waals surface area contributed by atoms with Crippen LogP contribution in [-0.4, -0.2) is 43.4 Å². The molecule has 1 aromatic rings. The van der Waals surface area contributed by atoms with Crippen LogP contribution in [0.3, 0.4) is 0 Å². The highest BCUT2D eigenvalue weighted by Gasteiger charge is 2.19. The minimum atomic E-state index is -0.361. The zero-order valence-corrected chi connectivity index (χ0v) is 13.7. The van der Waals surface area contributed by atoms with Gasteiger partial charge in [-0.3, -0.25) is 0 Å². The van der Waals surface area contributed by atoms with Gasteiger partial charge in [0, 0.05) is 24.7 Å². The van der Waals surface area contributed by atoms with Gasteiger partial charge in [0.25, 0.3) is 0 Å². The van der Waals surface area contributed by atoms with Gasteiger partial charge in [-0.15, -0.1) is 0 Å². The molecule has 1 unspecified atom stereocenters. The number of benzene rings is 1. The third-order valence-corrected chi connectivity index (χ3v) is 4.61. The standard InChI is InChI=1S/C16H24BrNO2/c1-20-12-13-6-9-18(10-7-13)11-8-16(19)14-2-4-15(17)5-3-14/h2-5,13,16,19H,6-12H2,1H3. The van der Waals surface area contributed by atoms with E-state index in [9.17, 15) is 5.11 Å². The van der Waals surface area contributed by atoms with E-state index in [1.807, 2.05) is 24.3 Å². The molecule has 0 radical (unpaired) electrons. The number of rotatable bonds is 6. The summed E-state index contributed by atoms with van der Waals surface area (Å²) in [5, 5.41) is 10.2. The van der Waals surface area contributed by atoms with Crippen molar-refractivity contribution in [3.05, 3.63) is 34.3 Å². The molecule has 1 aromatic carbocycles. The molecule has 1 N–H and O–H groups in total. The molecule has 0 bridgehead atoms. The van der Waals surface area contributed by atoms with E-state index < -0.39 is 0 Å². The zero-order chi connectivity index (χ0) is 14.4. The SMILES string of the molecule is COCC1CCN(CCC(O)c2ccc(Br)cc2)CC1. The summed E-state index contributed by atoms with van der Waals surface area (Å²) in [5.41, 5.74) is 1.00. The van der Waals surface area contributed by atoms with Gasteiger partial charge in [0.1, 0.15) is 0 Å². The molecule has 20 heavy (non-hydrogen) atoms. The quantitative estimate of drug-likeness (QED) is 0.862. The van der Waals surface area contributed by atoms with Gasteiger partial charge in [-0.05, 0) is 56.0 Å². The smallest absolute Gasteiger partial charge is 0.0802 e. The van der Waals surface area contributed by atoms with Crippen LogP contribution < -0.4 is 0 Å². The molecule has 1 heterocycles. The molecule has 1 atom stereocenters. The van der Waals surface area contributed by atoms with E-state index in [0.29, 0.717) is 5.92 Å². The van der Waals surface area contributed by atoms with Crippen LogP contribution in [0.4, 0.5) is 0 Å². The van der Waals surface area contributed by atoms with Crippen molar-refractivity contribution in [2.75, 3.05) is 33.4 Å². The molecule has 4 heteroatoms. The first kappa shape index (κ1) is 16.0. The molecule has 0 saturated carbocycles. The number of hydrogen-bond acceptors (Lipinski definition) is 3. The average Bonchev–Trinajstić information content (AvgIpc) is 2.47. The number of hydrogen-bond donors (Lipinski definition) is 1. The van der Waals surface area contributed by atoms with Crippen LogP contribution in [0.15, 0.2) is 28.7 Å². The first-order chi connectivity index (χ1) is 9.69. The summed E-state index contributed by atoms with van der Waals surface area (Å²) in [6, 6.07) is 7.93. The van der Waals surface area contributed by atoms with Gasteiger partial charge < -0.3 is 14.7 Å². The highest BCUT2D eigenvalue weighted by molar-refractivity contribution is 9.10. The summed E-state index contributed by atoms with van der Waals surface area (Å²) in [6.45, 7) is 4.11. The number of aliphatic hydroxyl groups is 1. The van der Waals surface area contributed by atoms with Crippen LogP contribution in [0.5, 0.6) is 0 Å². The van der Waals surface area contributed by atoms with Crippen LogP contribution in [0.2, 0.25) is 0 Å². The Labute approximate surface area is 130 Å². The van der Waals surface area contributed by atoms with Crippen molar-refractivity contribution in [1.29, 1.82) is 0 Å². The zero-order valence-electron chi connectivity index (χ0n) is 12.1. The number of aliphatic hydroxyl groups excluding tert-OH is 1. The Kier molecular flexibility index (Phi) is 6.49. The molecular formula is C16H24BrNO2. The highest BCUT2D eigenvalue weighted by atomic mass is 79.9. The second-order valence-corrected chi connectivity index (χ2v) is 6.51. The Morgan fingerprint density at radius 1 is 1.30 bits per heavy atom. The van der Waals surface area contributed by atoms with Crippen molar-refractivity contribution in [2.45, 2.75) is 25.4 Å². The van der Waals surface area contributed by atoms with Gasteiger partial charge in [0.2, 0.25) is 0 Å². The van der Waals surface area contributed by atoms with Gasteiger partial charge in [-0.25, -0.2) is 0 Å². The Bertz CT molecular complexity index is 388. The van der Waals surface area contributed by atoms with Gasteiger partial charge in [-0.2, -0.15) is 0 Å². The van der Waals surface area contributed by atoms with Crippen molar-refractivity contribution >= 4 is 15.9 Å². The number of nitrogens with zero attached hydrogens (tertiary/aromatic N) is 1. The second-order valence-electron chi connectivity index (χ2n) is 5.60. The molecule has 0 aromatic heterocycles. The van der Waals surface area contributed by atoms with Gasteiger partial charge in [0.15, 0.2) is 0 Å². The number of halogens is 1. The van der Waals surface area contributed by atoms with Crippen LogP contribution in [0.25, 0.3) is 0 Å². The van der Waals surface area contributed by atoms with E-state index in [-0.39, 0.29) is 6.10 Å². The normalized spacial score (nSPS) is 19.1. The molecule has 0 spiro atoms. The Morgan fingerprint density at radius 3 is 2.55 bits per heavy atom. The van der Waals surface area contributed by atoms with Crippen LogP contribution in [-0.2, 0) is 4.74 Å². The van der Waals surface area contributed by atoms with E-state index in [4.69, 9.17) is 4.74 Å². The summed E-state index contributed by atoms with van der Waals surface area (Å²) in [7, 11) is 1.78. The summed E-state index contributed by atoms with van der Waals surface area (Å²) < 4.78 is 6.27. The fourth-order valence-electron chi connectivity index (χ4n) is 2.77. The molecule has 3 nitrogen and oxygen atoms in total. The minimum Gasteiger partial charge on any atom is -0.388 e. The summed E-state index contributed by atoms with van der Waals surface area (Å²) in [4.78, 5) is 2.45. The molecule has 0 amide bonds. The number of likely N-dealkylation sites (tertiary alicyclic amines) is 1. The van der Waals surface area contributed by atoms with Gasteiger partial charge in [-0.1, -0.05) is 28.1 Å². The lowest BCUT2D eigenvalue weighted by atomic mass is 9.97. The van der Waals surface area contributed by atoms with E-state index in [1.165, 1.54) is 12.8 Å². The first-order valence-corrected chi connectivity index (χ1v) is 8.13. The topological polar surface area (TPSA) is 32.7 Å². The number of methoxy groups -OCH3 is 1. The average molecular weight is 342 g/mol. The highest BCUT2D eigenvalue weighted by Crippen LogP contribution is 2.22. The van der Waals surface area contributed by atoms with Gasteiger partial charge >= 0.3 is 0 Å². The van der Waals surface area contributed by atoms with Crippen molar-refractivity contribution in [3.8, 4) is 0 Å². The van der Waals surface area contributed by atoms with Gasteiger partial charge in [0.05, 0.1) is 6.10 Å². The fraction of sp³-hybridized carbons (Fsp3) is 0.625. The molecule has 1 fully saturated rings. The first-order valence-electron chi connectivity index (χ1n) is 7.34. The second kappa shape index (κ2) is 8.13. The molecular weight excluding hydrogens is 318 g/mol. The lowest BCUT2D eigenvalue weighted by molar-refractivity contribution is 0.0869. The molecule has 1 aliphatic heterocycles. The third-order valence-electron chi connectivity index (χ3n) is 4.08. The lowest BCUT2D eigenvalue weighted by Gasteiger charge is -2.32. The molecule has 0 aliphatic carbocycles. The maximum Gasteiger partial charge on any atom is 0.0802 e. The van der Waals surface area contributed by atoms with E-state index in [2.05, 4.69) is 20.8 Å². The fourth-order valence-corrected chi connectivity index (χ4v) is 3.03. The van der Waals surface area contributed by atoms with Crippen LogP contribution in [0.1, 0.15) is 30.9 Å². The van der Waals surface area contributed by atoms with Crippen molar-refractivity contribution in [1.82, 2.24) is 4.90 Å². The maximum atomic E-state index is 10.2.